The van der Waals surface area contributed by atoms with E-state index in [9.17, 15) is 9.59 Å². The molecule has 0 aliphatic carbocycles. The standard InChI is InChI=1S/C23H22N2O5/c1-28-17-7-8-20-18(13-17)19(14-21(24-20)16-5-3-2-4-6-16)23(27)30-15-22(26)25-9-11-29-12-10-25/h2-8,13-14H,9-12,15H2,1H3. The molecule has 1 aromatic heterocycles. The lowest BCUT2D eigenvalue weighted by atomic mass is 10.0. The molecule has 2 heterocycles. The summed E-state index contributed by atoms with van der Waals surface area (Å²) in [6.45, 7) is 1.69. The van der Waals surface area contributed by atoms with Crippen molar-refractivity contribution >= 4 is 22.8 Å². The highest BCUT2D eigenvalue weighted by molar-refractivity contribution is 6.05. The van der Waals surface area contributed by atoms with Gasteiger partial charge in [0.2, 0.25) is 0 Å². The first kappa shape index (κ1) is 19.8. The molecule has 0 radical (unpaired) electrons. The van der Waals surface area contributed by atoms with Crippen molar-refractivity contribution in [3.63, 3.8) is 0 Å². The molecule has 1 aliphatic heterocycles. The third kappa shape index (κ3) is 4.26. The van der Waals surface area contributed by atoms with Crippen molar-refractivity contribution < 1.29 is 23.8 Å². The zero-order valence-corrected chi connectivity index (χ0v) is 16.7. The fourth-order valence-electron chi connectivity index (χ4n) is 3.37. The average Bonchev–Trinajstić information content (AvgIpc) is 2.82. The number of morpholine rings is 1. The summed E-state index contributed by atoms with van der Waals surface area (Å²) in [6, 6.07) is 16.6. The predicted octanol–water partition coefficient (Wildman–Crippen LogP) is 2.93. The summed E-state index contributed by atoms with van der Waals surface area (Å²) >= 11 is 0. The number of ether oxygens (including phenoxy) is 3. The third-order valence-electron chi connectivity index (χ3n) is 5.00. The Labute approximate surface area is 174 Å². The van der Waals surface area contributed by atoms with Gasteiger partial charge in [0.1, 0.15) is 5.75 Å². The molecule has 0 unspecified atom stereocenters. The van der Waals surface area contributed by atoms with Crippen LogP contribution in [0.25, 0.3) is 22.2 Å². The van der Waals surface area contributed by atoms with Crippen molar-refractivity contribution in [2.24, 2.45) is 0 Å². The van der Waals surface area contributed by atoms with Gasteiger partial charge in [0, 0.05) is 24.0 Å². The van der Waals surface area contributed by atoms with E-state index in [1.165, 1.54) is 0 Å². The van der Waals surface area contributed by atoms with Gasteiger partial charge in [0.15, 0.2) is 6.61 Å². The molecule has 0 saturated carbocycles. The van der Waals surface area contributed by atoms with Crippen molar-refractivity contribution in [2.75, 3.05) is 40.0 Å². The lowest BCUT2D eigenvalue weighted by molar-refractivity contribution is -0.138. The van der Waals surface area contributed by atoms with Gasteiger partial charge in [-0.2, -0.15) is 0 Å². The minimum Gasteiger partial charge on any atom is -0.497 e. The van der Waals surface area contributed by atoms with Crippen LogP contribution in [0.15, 0.2) is 54.6 Å². The number of amides is 1. The molecule has 1 amide bonds. The van der Waals surface area contributed by atoms with Gasteiger partial charge in [-0.05, 0) is 24.3 Å². The summed E-state index contributed by atoms with van der Waals surface area (Å²) in [7, 11) is 1.56. The molecule has 4 rings (SSSR count). The number of methoxy groups -OCH3 is 1. The summed E-state index contributed by atoms with van der Waals surface area (Å²) in [4.78, 5) is 31.6. The van der Waals surface area contributed by atoms with Crippen LogP contribution in [-0.2, 0) is 14.3 Å². The van der Waals surface area contributed by atoms with Gasteiger partial charge in [-0.25, -0.2) is 9.78 Å². The summed E-state index contributed by atoms with van der Waals surface area (Å²) in [5, 5.41) is 0.609. The van der Waals surface area contributed by atoms with E-state index in [4.69, 9.17) is 14.2 Å². The Balaban J connectivity index is 1.64. The van der Waals surface area contributed by atoms with E-state index in [1.807, 2.05) is 30.3 Å². The molecular weight excluding hydrogens is 384 g/mol. The Morgan fingerprint density at radius 2 is 1.83 bits per heavy atom. The summed E-state index contributed by atoms with van der Waals surface area (Å²) in [5.74, 6) is -0.199. The van der Waals surface area contributed by atoms with E-state index < -0.39 is 5.97 Å². The van der Waals surface area contributed by atoms with E-state index in [1.54, 1.807) is 36.3 Å². The van der Waals surface area contributed by atoms with E-state index in [2.05, 4.69) is 4.98 Å². The molecule has 0 N–H and O–H groups in total. The maximum Gasteiger partial charge on any atom is 0.339 e. The van der Waals surface area contributed by atoms with Crippen molar-refractivity contribution in [2.45, 2.75) is 0 Å². The van der Waals surface area contributed by atoms with Gasteiger partial charge in [0.05, 0.1) is 37.1 Å². The highest BCUT2D eigenvalue weighted by Gasteiger charge is 2.21. The van der Waals surface area contributed by atoms with Crippen LogP contribution in [0, 0.1) is 0 Å². The van der Waals surface area contributed by atoms with E-state index in [-0.39, 0.29) is 12.5 Å². The molecule has 154 valence electrons. The predicted molar refractivity (Wildman–Crippen MR) is 111 cm³/mol. The second-order valence-electron chi connectivity index (χ2n) is 6.87. The first-order chi connectivity index (χ1) is 14.7. The molecule has 1 aliphatic rings. The van der Waals surface area contributed by atoms with Crippen LogP contribution in [0.4, 0.5) is 0 Å². The van der Waals surface area contributed by atoms with Gasteiger partial charge in [-0.1, -0.05) is 30.3 Å². The molecule has 0 spiro atoms. The highest BCUT2D eigenvalue weighted by Crippen LogP contribution is 2.28. The largest absolute Gasteiger partial charge is 0.497 e. The van der Waals surface area contributed by atoms with Crippen LogP contribution in [-0.4, -0.2) is 61.8 Å². The van der Waals surface area contributed by atoms with Crippen molar-refractivity contribution in [1.82, 2.24) is 9.88 Å². The number of nitrogens with zero attached hydrogens (tertiary/aromatic N) is 2. The molecule has 0 bridgehead atoms. The molecule has 7 nitrogen and oxygen atoms in total. The average molecular weight is 406 g/mol. The van der Waals surface area contributed by atoms with Gasteiger partial charge >= 0.3 is 5.97 Å². The van der Waals surface area contributed by atoms with Gasteiger partial charge in [-0.3, -0.25) is 4.79 Å². The normalized spacial score (nSPS) is 13.8. The first-order valence-corrected chi connectivity index (χ1v) is 9.72. The topological polar surface area (TPSA) is 78.0 Å². The minimum absolute atomic E-state index is 0.231. The van der Waals surface area contributed by atoms with E-state index in [0.29, 0.717) is 54.2 Å². The quantitative estimate of drug-likeness (QED) is 0.607. The van der Waals surface area contributed by atoms with Crippen LogP contribution in [0.3, 0.4) is 0 Å². The Morgan fingerprint density at radius 1 is 1.07 bits per heavy atom. The van der Waals surface area contributed by atoms with Crippen LogP contribution >= 0.6 is 0 Å². The Hall–Kier alpha value is -3.45. The lowest BCUT2D eigenvalue weighted by Gasteiger charge is -2.26. The fraction of sp³-hybridized carbons (Fsp3) is 0.261. The Morgan fingerprint density at radius 3 is 2.57 bits per heavy atom. The zero-order valence-electron chi connectivity index (χ0n) is 16.7. The molecule has 30 heavy (non-hydrogen) atoms. The number of benzene rings is 2. The Kier molecular flexibility index (Phi) is 5.90. The Bertz CT molecular complexity index is 1060. The minimum atomic E-state index is -0.575. The number of esters is 1. The number of carbonyl (C=O) groups excluding carboxylic acids is 2. The maximum atomic E-state index is 12.9. The SMILES string of the molecule is COc1ccc2nc(-c3ccccc3)cc(C(=O)OCC(=O)N3CCOCC3)c2c1. The first-order valence-electron chi connectivity index (χ1n) is 9.72. The molecule has 0 atom stereocenters. The second kappa shape index (κ2) is 8.92. The highest BCUT2D eigenvalue weighted by atomic mass is 16.5. The van der Waals surface area contributed by atoms with E-state index in [0.717, 1.165) is 5.56 Å². The summed E-state index contributed by atoms with van der Waals surface area (Å²) < 4.78 is 15.9. The number of pyridine rings is 1. The van der Waals surface area contributed by atoms with Crippen LogP contribution < -0.4 is 4.74 Å². The zero-order chi connectivity index (χ0) is 20.9. The van der Waals surface area contributed by atoms with Gasteiger partial charge < -0.3 is 19.1 Å². The number of hydrogen-bond acceptors (Lipinski definition) is 6. The molecule has 3 aromatic rings. The summed E-state index contributed by atoms with van der Waals surface area (Å²) in [5.41, 5.74) is 2.52. The van der Waals surface area contributed by atoms with Gasteiger partial charge in [0.25, 0.3) is 5.91 Å². The number of hydrogen-bond donors (Lipinski definition) is 0. The van der Waals surface area contributed by atoms with Crippen molar-refractivity contribution in [3.05, 3.63) is 60.2 Å². The molecule has 7 heteroatoms. The molecular formula is C23H22N2O5. The number of fused-ring (bicyclic) bond motifs is 1. The van der Waals surface area contributed by atoms with Crippen molar-refractivity contribution in [1.29, 1.82) is 0 Å². The lowest BCUT2D eigenvalue weighted by Crippen LogP contribution is -2.42. The third-order valence-corrected chi connectivity index (χ3v) is 5.00. The number of aromatic nitrogens is 1. The van der Waals surface area contributed by atoms with Crippen LogP contribution in [0.5, 0.6) is 5.75 Å². The summed E-state index contributed by atoms with van der Waals surface area (Å²) in [6.07, 6.45) is 0. The van der Waals surface area contributed by atoms with E-state index >= 15 is 0 Å². The van der Waals surface area contributed by atoms with Crippen LogP contribution in [0.1, 0.15) is 10.4 Å². The smallest absolute Gasteiger partial charge is 0.339 e. The monoisotopic (exact) mass is 406 g/mol. The second-order valence-corrected chi connectivity index (χ2v) is 6.87. The number of rotatable bonds is 5. The molecule has 1 fully saturated rings. The molecule has 1 saturated heterocycles. The fourth-order valence-corrected chi connectivity index (χ4v) is 3.37. The molecule has 2 aromatic carbocycles. The van der Waals surface area contributed by atoms with Crippen molar-refractivity contribution in [3.8, 4) is 17.0 Å². The van der Waals surface area contributed by atoms with Crippen LogP contribution in [0.2, 0.25) is 0 Å². The van der Waals surface area contributed by atoms with Gasteiger partial charge in [-0.15, -0.1) is 0 Å². The number of carbonyl (C=O) groups is 2. The maximum absolute atomic E-state index is 12.9.